The van der Waals surface area contributed by atoms with Crippen molar-refractivity contribution >= 4 is 11.4 Å². The third-order valence-electron chi connectivity index (χ3n) is 3.36. The summed E-state index contributed by atoms with van der Waals surface area (Å²) in [7, 11) is 0. The Bertz CT molecular complexity index is 635. The molecule has 20 heavy (non-hydrogen) atoms. The molecular weight excluding hydrogens is 267 g/mol. The fourth-order valence-electron chi connectivity index (χ4n) is 2.34. The van der Waals surface area contributed by atoms with Crippen LogP contribution in [-0.2, 0) is 19.3 Å². The minimum Gasteiger partial charge on any atom is -0.399 e. The highest BCUT2D eigenvalue weighted by Gasteiger charge is 2.32. The van der Waals surface area contributed by atoms with Crippen LogP contribution in [0.3, 0.4) is 0 Å². The molecule has 0 spiro atoms. The number of nitrogens with zero attached hydrogens (tertiary/aromatic N) is 2. The van der Waals surface area contributed by atoms with Crippen molar-refractivity contribution < 1.29 is 13.2 Å². The quantitative estimate of drug-likeness (QED) is 0.815. The largest absolute Gasteiger partial charge is 0.433 e. The molecule has 0 fully saturated rings. The lowest BCUT2D eigenvalue weighted by Crippen LogP contribution is -2.15. The van der Waals surface area contributed by atoms with Crippen LogP contribution >= 0.6 is 0 Å². The summed E-state index contributed by atoms with van der Waals surface area (Å²) in [5, 5.41) is 0. The van der Waals surface area contributed by atoms with Crippen LogP contribution in [-0.4, -0.2) is 4.98 Å². The highest BCUT2D eigenvalue weighted by atomic mass is 19.4. The first-order valence-electron chi connectivity index (χ1n) is 6.09. The van der Waals surface area contributed by atoms with Gasteiger partial charge in [-0.15, -0.1) is 0 Å². The second-order valence-electron chi connectivity index (χ2n) is 4.78. The minimum absolute atomic E-state index is 0.632. The summed E-state index contributed by atoms with van der Waals surface area (Å²) in [5.41, 5.74) is 8.46. The molecule has 2 aromatic rings. The number of alkyl halides is 3. The van der Waals surface area contributed by atoms with Crippen molar-refractivity contribution in [2.75, 3.05) is 10.6 Å². The molecule has 1 aromatic heterocycles. The topological polar surface area (TPSA) is 42.1 Å². The average Bonchev–Trinajstić information content (AvgIpc) is 2.80. The standard InChI is InChI=1S/C14H12F3N3/c15-14(16,17)13-4-3-12(6-19-13)20-7-9-1-2-11(18)5-10(9)8-20/h1-6H,7-8,18H2. The number of pyridine rings is 1. The van der Waals surface area contributed by atoms with Crippen LogP contribution in [0.15, 0.2) is 36.5 Å². The summed E-state index contributed by atoms with van der Waals surface area (Å²) in [6.07, 6.45) is -3.14. The van der Waals surface area contributed by atoms with Crippen molar-refractivity contribution in [3.05, 3.63) is 53.3 Å². The molecule has 1 aliphatic heterocycles. The summed E-state index contributed by atoms with van der Waals surface area (Å²) in [4.78, 5) is 5.45. The summed E-state index contributed by atoms with van der Waals surface area (Å²) in [6, 6.07) is 8.13. The van der Waals surface area contributed by atoms with E-state index in [9.17, 15) is 13.2 Å². The van der Waals surface area contributed by atoms with Gasteiger partial charge in [0, 0.05) is 18.8 Å². The molecule has 1 aliphatic rings. The zero-order valence-electron chi connectivity index (χ0n) is 10.5. The lowest BCUT2D eigenvalue weighted by Gasteiger charge is -2.17. The van der Waals surface area contributed by atoms with Gasteiger partial charge in [0.25, 0.3) is 0 Å². The predicted molar refractivity (Wildman–Crippen MR) is 70.0 cm³/mol. The highest BCUT2D eigenvalue weighted by molar-refractivity contribution is 5.54. The molecule has 6 heteroatoms. The number of hydrogen-bond acceptors (Lipinski definition) is 3. The fourth-order valence-corrected chi connectivity index (χ4v) is 2.34. The maximum atomic E-state index is 12.5. The third-order valence-corrected chi connectivity index (χ3v) is 3.36. The molecule has 0 unspecified atom stereocenters. The Hall–Kier alpha value is -2.24. The van der Waals surface area contributed by atoms with Crippen molar-refractivity contribution in [2.24, 2.45) is 0 Å². The van der Waals surface area contributed by atoms with Gasteiger partial charge in [0.05, 0.1) is 11.9 Å². The molecule has 3 rings (SSSR count). The van der Waals surface area contributed by atoms with Crippen LogP contribution in [0.25, 0.3) is 0 Å². The summed E-state index contributed by atoms with van der Waals surface area (Å²) < 4.78 is 37.4. The predicted octanol–water partition coefficient (Wildman–Crippen LogP) is 3.20. The van der Waals surface area contributed by atoms with Gasteiger partial charge in [0.2, 0.25) is 0 Å². The number of hydrogen-bond donors (Lipinski definition) is 1. The van der Waals surface area contributed by atoms with E-state index in [0.29, 0.717) is 24.5 Å². The molecular formula is C14H12F3N3. The van der Waals surface area contributed by atoms with E-state index >= 15 is 0 Å². The Morgan fingerprint density at radius 3 is 2.45 bits per heavy atom. The number of benzene rings is 1. The minimum atomic E-state index is -4.40. The first-order chi connectivity index (χ1) is 9.43. The van der Waals surface area contributed by atoms with Crippen LogP contribution < -0.4 is 10.6 Å². The SMILES string of the molecule is Nc1ccc2c(c1)CN(c1ccc(C(F)(F)F)nc1)C2. The van der Waals surface area contributed by atoms with Crippen LogP contribution in [0.1, 0.15) is 16.8 Å². The van der Waals surface area contributed by atoms with Crippen LogP contribution in [0.2, 0.25) is 0 Å². The van der Waals surface area contributed by atoms with Crippen molar-refractivity contribution in [1.29, 1.82) is 0 Å². The molecule has 2 N–H and O–H groups in total. The number of halogens is 3. The molecule has 2 heterocycles. The fraction of sp³-hybridized carbons (Fsp3) is 0.214. The number of nitrogens with two attached hydrogens (primary N) is 1. The third kappa shape index (κ3) is 2.29. The second-order valence-corrected chi connectivity index (χ2v) is 4.78. The number of fused-ring (bicyclic) bond motifs is 1. The van der Waals surface area contributed by atoms with Gasteiger partial charge in [-0.25, -0.2) is 4.98 Å². The number of rotatable bonds is 1. The maximum absolute atomic E-state index is 12.5. The first kappa shape index (κ1) is 12.8. The van der Waals surface area contributed by atoms with Gasteiger partial charge < -0.3 is 10.6 Å². The van der Waals surface area contributed by atoms with Gasteiger partial charge in [-0.2, -0.15) is 13.2 Å². The summed E-state index contributed by atoms with van der Waals surface area (Å²) in [6.45, 7) is 1.29. The van der Waals surface area contributed by atoms with Crippen molar-refractivity contribution in [3.8, 4) is 0 Å². The van der Waals surface area contributed by atoms with E-state index in [2.05, 4.69) is 4.98 Å². The lowest BCUT2D eigenvalue weighted by molar-refractivity contribution is -0.141. The molecule has 0 bridgehead atoms. The van der Waals surface area contributed by atoms with E-state index in [1.165, 1.54) is 12.3 Å². The molecule has 0 aliphatic carbocycles. The van der Waals surface area contributed by atoms with E-state index in [4.69, 9.17) is 5.73 Å². The summed E-state index contributed by atoms with van der Waals surface area (Å²) in [5.74, 6) is 0. The zero-order valence-corrected chi connectivity index (χ0v) is 10.5. The van der Waals surface area contributed by atoms with E-state index in [1.807, 2.05) is 23.1 Å². The highest BCUT2D eigenvalue weighted by Crippen LogP contribution is 2.31. The van der Waals surface area contributed by atoms with Gasteiger partial charge in [0.15, 0.2) is 0 Å². The smallest absolute Gasteiger partial charge is 0.399 e. The second kappa shape index (κ2) is 4.40. The van der Waals surface area contributed by atoms with Crippen molar-refractivity contribution in [1.82, 2.24) is 4.98 Å². The van der Waals surface area contributed by atoms with Gasteiger partial charge in [-0.1, -0.05) is 6.07 Å². The van der Waals surface area contributed by atoms with E-state index < -0.39 is 11.9 Å². The van der Waals surface area contributed by atoms with Crippen molar-refractivity contribution in [2.45, 2.75) is 19.3 Å². The van der Waals surface area contributed by atoms with E-state index in [0.717, 1.165) is 17.2 Å². The molecule has 0 amide bonds. The average molecular weight is 279 g/mol. The molecule has 0 saturated carbocycles. The lowest BCUT2D eigenvalue weighted by atomic mass is 10.1. The van der Waals surface area contributed by atoms with Gasteiger partial charge in [-0.05, 0) is 35.4 Å². The van der Waals surface area contributed by atoms with E-state index in [-0.39, 0.29) is 0 Å². The number of anilines is 2. The normalized spacial score (nSPS) is 14.4. The Balaban J connectivity index is 1.83. The van der Waals surface area contributed by atoms with Gasteiger partial charge in [-0.3, -0.25) is 0 Å². The first-order valence-corrected chi connectivity index (χ1v) is 6.09. The molecule has 0 atom stereocenters. The van der Waals surface area contributed by atoms with Crippen LogP contribution in [0, 0.1) is 0 Å². The molecule has 1 aromatic carbocycles. The molecule has 3 nitrogen and oxygen atoms in total. The van der Waals surface area contributed by atoms with Crippen LogP contribution in [0.5, 0.6) is 0 Å². The molecule has 0 saturated heterocycles. The Morgan fingerprint density at radius 2 is 1.80 bits per heavy atom. The zero-order chi connectivity index (χ0) is 14.3. The van der Waals surface area contributed by atoms with Gasteiger partial charge >= 0.3 is 6.18 Å². The monoisotopic (exact) mass is 279 g/mol. The Morgan fingerprint density at radius 1 is 1.05 bits per heavy atom. The van der Waals surface area contributed by atoms with Crippen LogP contribution in [0.4, 0.5) is 24.5 Å². The molecule has 104 valence electrons. The number of aromatic nitrogens is 1. The Labute approximate surface area is 113 Å². The van der Waals surface area contributed by atoms with E-state index in [1.54, 1.807) is 0 Å². The molecule has 0 radical (unpaired) electrons. The number of nitrogen functional groups attached to an aromatic ring is 1. The maximum Gasteiger partial charge on any atom is 0.433 e. The summed E-state index contributed by atoms with van der Waals surface area (Å²) >= 11 is 0. The van der Waals surface area contributed by atoms with Gasteiger partial charge in [0.1, 0.15) is 5.69 Å². The van der Waals surface area contributed by atoms with Crippen molar-refractivity contribution in [3.63, 3.8) is 0 Å². The Kier molecular flexibility index (Phi) is 2.81.